The third-order valence-electron chi connectivity index (χ3n) is 9.68. The van der Waals surface area contributed by atoms with E-state index >= 15 is 0 Å². The maximum atomic E-state index is 14.3. The highest BCUT2D eigenvalue weighted by atomic mass is 16.2. The first kappa shape index (κ1) is 21.5. The van der Waals surface area contributed by atoms with Gasteiger partial charge in [0.1, 0.15) is 0 Å². The van der Waals surface area contributed by atoms with Crippen LogP contribution in [-0.2, 0) is 22.2 Å². The maximum Gasteiger partial charge on any atom is 0.237 e. The van der Waals surface area contributed by atoms with Crippen LogP contribution < -0.4 is 5.32 Å². The van der Waals surface area contributed by atoms with Gasteiger partial charge < -0.3 is 9.88 Å². The van der Waals surface area contributed by atoms with Crippen LogP contribution >= 0.6 is 0 Å². The van der Waals surface area contributed by atoms with Crippen molar-refractivity contribution in [2.45, 2.75) is 57.9 Å². The Kier molecular flexibility index (Phi) is 4.15. The van der Waals surface area contributed by atoms with Crippen LogP contribution in [0.3, 0.4) is 0 Å². The van der Waals surface area contributed by atoms with Crippen molar-refractivity contribution in [3.05, 3.63) is 78.1 Å². The fourth-order valence-electron chi connectivity index (χ4n) is 7.26. The van der Waals surface area contributed by atoms with Gasteiger partial charge in [0.15, 0.2) is 0 Å². The Labute approximate surface area is 210 Å². The number of aromatic nitrogens is 3. The molecule has 1 amide bonds. The van der Waals surface area contributed by atoms with Gasteiger partial charge in [0.05, 0.1) is 27.8 Å². The van der Waals surface area contributed by atoms with Crippen LogP contribution in [0.1, 0.15) is 51.9 Å². The number of anilines is 1. The molecule has 1 N–H and O–H groups in total. The Morgan fingerprint density at radius 3 is 2.28 bits per heavy atom. The van der Waals surface area contributed by atoms with Gasteiger partial charge in [-0.15, -0.1) is 0 Å². The zero-order valence-electron chi connectivity index (χ0n) is 21.2. The summed E-state index contributed by atoms with van der Waals surface area (Å²) in [5, 5.41) is 5.70. The number of hydrogen-bond acceptors (Lipinski definition) is 3. The molecule has 2 bridgehead atoms. The Morgan fingerprint density at radius 2 is 1.53 bits per heavy atom. The molecule has 3 aromatic carbocycles. The first-order valence-corrected chi connectivity index (χ1v) is 12.9. The number of carbonyl (C=O) groups excluding carboxylic acids is 1. The molecule has 0 spiro atoms. The molecule has 0 saturated heterocycles. The minimum Gasteiger partial charge on any atom is -0.341 e. The molecule has 5 nitrogen and oxygen atoms in total. The van der Waals surface area contributed by atoms with E-state index in [2.05, 4.69) is 74.0 Å². The third-order valence-corrected chi connectivity index (χ3v) is 9.68. The van der Waals surface area contributed by atoms with Crippen LogP contribution in [0.15, 0.2) is 66.7 Å². The molecule has 1 saturated carbocycles. The van der Waals surface area contributed by atoms with E-state index < -0.39 is 5.41 Å². The molecule has 2 aliphatic rings. The average molecular weight is 475 g/mol. The number of aryl methyl sites for hydroxylation is 1. The van der Waals surface area contributed by atoms with E-state index in [0.717, 1.165) is 52.9 Å². The summed E-state index contributed by atoms with van der Waals surface area (Å²) in [4.78, 5) is 24.5. The number of carbonyl (C=O) groups is 1. The minimum absolute atomic E-state index is 0.0261. The lowest BCUT2D eigenvalue weighted by molar-refractivity contribution is -0.125. The predicted octanol–water partition coefficient (Wildman–Crippen LogP) is 6.73. The van der Waals surface area contributed by atoms with E-state index in [0.29, 0.717) is 0 Å². The molecular formula is C31H30N4O. The number of para-hydroxylation sites is 3. The fourth-order valence-corrected chi connectivity index (χ4v) is 7.26. The Hall–Kier alpha value is -3.73. The van der Waals surface area contributed by atoms with E-state index in [1.165, 1.54) is 16.4 Å². The Bertz CT molecular complexity index is 1730. The molecule has 36 heavy (non-hydrogen) atoms. The van der Waals surface area contributed by atoms with Crippen molar-refractivity contribution in [3.8, 4) is 0 Å². The van der Waals surface area contributed by atoms with Crippen molar-refractivity contribution in [2.24, 2.45) is 5.41 Å². The fraction of sp³-hybridized carbons (Fsp3) is 0.323. The summed E-state index contributed by atoms with van der Waals surface area (Å²) in [5.41, 5.74) is 5.60. The highest BCUT2D eigenvalue weighted by Gasteiger charge is 2.73. The van der Waals surface area contributed by atoms with Crippen molar-refractivity contribution >= 4 is 44.4 Å². The lowest BCUT2D eigenvalue weighted by Crippen LogP contribution is -2.48. The second kappa shape index (κ2) is 6.94. The molecule has 0 aliphatic heterocycles. The molecule has 7 rings (SSSR count). The number of rotatable bonds is 3. The molecule has 2 aliphatic carbocycles. The average Bonchev–Trinajstić information content (AvgIpc) is 3.37. The van der Waals surface area contributed by atoms with Crippen LogP contribution in [0.25, 0.3) is 32.8 Å². The van der Waals surface area contributed by atoms with Gasteiger partial charge in [0, 0.05) is 39.5 Å². The molecule has 0 unspecified atom stereocenters. The van der Waals surface area contributed by atoms with Crippen LogP contribution in [0.2, 0.25) is 0 Å². The highest BCUT2D eigenvalue weighted by molar-refractivity contribution is 6.10. The number of benzene rings is 3. The van der Waals surface area contributed by atoms with E-state index in [1.54, 1.807) is 0 Å². The minimum atomic E-state index is -0.722. The van der Waals surface area contributed by atoms with Gasteiger partial charge in [-0.3, -0.25) is 4.79 Å². The van der Waals surface area contributed by atoms with Crippen LogP contribution in [0.4, 0.5) is 5.69 Å². The molecule has 2 aromatic heterocycles. The van der Waals surface area contributed by atoms with Gasteiger partial charge in [-0.25, -0.2) is 9.97 Å². The molecule has 180 valence electrons. The number of nitrogens with one attached hydrogen (secondary N) is 1. The van der Waals surface area contributed by atoms with Gasteiger partial charge in [-0.2, -0.15) is 0 Å². The summed E-state index contributed by atoms with van der Waals surface area (Å²) in [6, 6.07) is 22.8. The van der Waals surface area contributed by atoms with Gasteiger partial charge in [-0.05, 0) is 61.6 Å². The zero-order valence-corrected chi connectivity index (χ0v) is 21.2. The largest absolute Gasteiger partial charge is 0.341 e. The van der Waals surface area contributed by atoms with E-state index in [4.69, 9.17) is 9.97 Å². The normalized spacial score (nSPS) is 24.0. The number of amides is 1. The summed E-state index contributed by atoms with van der Waals surface area (Å²) >= 11 is 0. The first-order chi connectivity index (χ1) is 17.3. The standard InChI is InChI=1S/C31H30N4O/c1-5-35-24-13-9-6-10-20(24)21-18-19(14-15-25(21)35)32-28(36)31-17-16-30(4,29(31,2)3)26-27(31)34-23-12-8-7-11-22(23)33-26/h6-15,18H,5,16-17H2,1-4H3,(H,32,36)/t30-,31+/m1/s1. The molecule has 1 fully saturated rings. The van der Waals surface area contributed by atoms with Crippen molar-refractivity contribution in [2.75, 3.05) is 5.32 Å². The van der Waals surface area contributed by atoms with Gasteiger partial charge in [-0.1, -0.05) is 51.1 Å². The van der Waals surface area contributed by atoms with E-state index in [-0.39, 0.29) is 16.7 Å². The van der Waals surface area contributed by atoms with E-state index in [1.807, 2.05) is 30.3 Å². The van der Waals surface area contributed by atoms with Crippen LogP contribution in [-0.4, -0.2) is 20.4 Å². The van der Waals surface area contributed by atoms with Crippen molar-refractivity contribution in [1.82, 2.24) is 14.5 Å². The van der Waals surface area contributed by atoms with Crippen molar-refractivity contribution in [1.29, 1.82) is 0 Å². The lowest BCUT2D eigenvalue weighted by atomic mass is 9.63. The van der Waals surface area contributed by atoms with Crippen LogP contribution in [0, 0.1) is 5.41 Å². The third kappa shape index (κ3) is 2.39. The summed E-state index contributed by atoms with van der Waals surface area (Å²) in [5.74, 6) is 0.0261. The highest BCUT2D eigenvalue weighted by Crippen LogP contribution is 2.70. The van der Waals surface area contributed by atoms with Crippen LogP contribution in [0.5, 0.6) is 0 Å². The number of fused-ring (bicyclic) bond motifs is 9. The van der Waals surface area contributed by atoms with Gasteiger partial charge >= 0.3 is 0 Å². The summed E-state index contributed by atoms with van der Waals surface area (Å²) in [6.45, 7) is 9.79. The predicted molar refractivity (Wildman–Crippen MR) is 145 cm³/mol. The summed E-state index contributed by atoms with van der Waals surface area (Å²) in [7, 11) is 0. The maximum absolute atomic E-state index is 14.3. The van der Waals surface area contributed by atoms with Crippen molar-refractivity contribution in [3.63, 3.8) is 0 Å². The quantitative estimate of drug-likeness (QED) is 0.316. The first-order valence-electron chi connectivity index (χ1n) is 12.9. The molecule has 0 radical (unpaired) electrons. The Balaban J connectivity index is 1.37. The smallest absolute Gasteiger partial charge is 0.237 e. The van der Waals surface area contributed by atoms with E-state index in [9.17, 15) is 4.79 Å². The second-order valence-electron chi connectivity index (χ2n) is 11.2. The van der Waals surface area contributed by atoms with Crippen molar-refractivity contribution < 1.29 is 4.79 Å². The molecular weight excluding hydrogens is 444 g/mol. The Morgan fingerprint density at radius 1 is 0.861 bits per heavy atom. The SMILES string of the molecule is CCn1c2ccccc2c2cc(NC(=O)[C@]34CC[C@](C)(c5nc6ccccc6nc53)C4(C)C)ccc21. The van der Waals surface area contributed by atoms with Gasteiger partial charge in [0.25, 0.3) is 0 Å². The lowest BCUT2D eigenvalue weighted by Gasteiger charge is -2.39. The molecule has 5 aromatic rings. The number of hydrogen-bond donors (Lipinski definition) is 1. The summed E-state index contributed by atoms with van der Waals surface area (Å²) < 4.78 is 2.33. The second-order valence-corrected chi connectivity index (χ2v) is 11.2. The molecule has 2 atom stereocenters. The summed E-state index contributed by atoms with van der Waals surface area (Å²) in [6.07, 6.45) is 1.70. The molecule has 5 heteroatoms. The number of nitrogens with zero attached hydrogens (tertiary/aromatic N) is 3. The van der Waals surface area contributed by atoms with Gasteiger partial charge in [0.2, 0.25) is 5.91 Å². The zero-order chi connectivity index (χ0) is 24.9. The molecule has 2 heterocycles. The monoisotopic (exact) mass is 474 g/mol. The topological polar surface area (TPSA) is 59.8 Å².